The maximum Gasteiger partial charge on any atom is 0.229 e. The third-order valence-electron chi connectivity index (χ3n) is 5.17. The van der Waals surface area contributed by atoms with Crippen LogP contribution < -0.4 is 10.2 Å². The van der Waals surface area contributed by atoms with Crippen LogP contribution in [0.5, 0.6) is 0 Å². The largest absolute Gasteiger partial charge is 0.323 e. The molecule has 5 heteroatoms. The van der Waals surface area contributed by atoms with Gasteiger partial charge in [-0.05, 0) is 44.0 Å². The molecule has 0 aliphatic carbocycles. The molecule has 4 aromatic rings. The van der Waals surface area contributed by atoms with Gasteiger partial charge in [0.25, 0.3) is 0 Å². The Morgan fingerprint density at radius 1 is 1.00 bits per heavy atom. The molecule has 0 saturated carbocycles. The Bertz CT molecular complexity index is 1170. The number of nitrogens with zero attached hydrogens (tertiary/aromatic N) is 4. The van der Waals surface area contributed by atoms with Crippen LogP contribution in [0.4, 0.5) is 23.1 Å². The van der Waals surface area contributed by atoms with Crippen LogP contribution in [0.2, 0.25) is 0 Å². The first-order chi connectivity index (χ1) is 13.7. The summed E-state index contributed by atoms with van der Waals surface area (Å²) < 4.78 is 0. The molecule has 3 heterocycles. The monoisotopic (exact) mass is 367 g/mol. The predicted molar refractivity (Wildman–Crippen MR) is 114 cm³/mol. The van der Waals surface area contributed by atoms with Crippen molar-refractivity contribution in [3.05, 3.63) is 78.1 Å². The number of pyridine rings is 1. The first-order valence-electron chi connectivity index (χ1n) is 9.52. The minimum atomic E-state index is 0.360. The SMILES string of the molecule is Cc1cc(N2c3ccccc3CC2C)nc(Nc2cccc3cccnc23)n1. The maximum absolute atomic E-state index is 4.84. The molecule has 1 aliphatic heterocycles. The number of hydrogen-bond donors (Lipinski definition) is 1. The molecule has 0 fully saturated rings. The Kier molecular flexibility index (Phi) is 3.93. The summed E-state index contributed by atoms with van der Waals surface area (Å²) in [5, 5.41) is 4.46. The van der Waals surface area contributed by atoms with Gasteiger partial charge in [-0.2, -0.15) is 4.98 Å². The molecule has 28 heavy (non-hydrogen) atoms. The average molecular weight is 367 g/mol. The smallest absolute Gasteiger partial charge is 0.229 e. The Morgan fingerprint density at radius 2 is 1.86 bits per heavy atom. The molecule has 1 aliphatic rings. The second-order valence-electron chi connectivity index (χ2n) is 7.25. The first kappa shape index (κ1) is 16.7. The van der Waals surface area contributed by atoms with Gasteiger partial charge in [-0.15, -0.1) is 0 Å². The van der Waals surface area contributed by atoms with E-state index in [1.807, 2.05) is 31.2 Å². The Balaban J connectivity index is 1.55. The predicted octanol–water partition coefficient (Wildman–Crippen LogP) is 5.16. The van der Waals surface area contributed by atoms with E-state index < -0.39 is 0 Å². The highest BCUT2D eigenvalue weighted by Gasteiger charge is 2.28. The van der Waals surface area contributed by atoms with Gasteiger partial charge in [0, 0.05) is 35.1 Å². The number of anilines is 4. The molecule has 5 nitrogen and oxygen atoms in total. The third kappa shape index (κ3) is 2.85. The molecule has 0 amide bonds. The molecule has 0 bridgehead atoms. The highest BCUT2D eigenvalue weighted by molar-refractivity contribution is 5.91. The van der Waals surface area contributed by atoms with E-state index in [4.69, 9.17) is 4.98 Å². The molecule has 1 atom stereocenters. The van der Waals surface area contributed by atoms with Crippen LogP contribution in [-0.4, -0.2) is 21.0 Å². The summed E-state index contributed by atoms with van der Waals surface area (Å²) in [5.41, 5.74) is 5.34. The molecule has 138 valence electrons. The van der Waals surface area contributed by atoms with Crippen LogP contribution >= 0.6 is 0 Å². The average Bonchev–Trinajstić information content (AvgIpc) is 3.03. The topological polar surface area (TPSA) is 53.9 Å². The molecule has 1 unspecified atom stereocenters. The second-order valence-corrected chi connectivity index (χ2v) is 7.25. The van der Waals surface area contributed by atoms with Crippen molar-refractivity contribution in [2.24, 2.45) is 0 Å². The maximum atomic E-state index is 4.84. The molecular weight excluding hydrogens is 346 g/mol. The fourth-order valence-corrected chi connectivity index (χ4v) is 3.97. The number of para-hydroxylation sites is 2. The number of hydrogen-bond acceptors (Lipinski definition) is 5. The molecule has 0 spiro atoms. The Hall–Kier alpha value is -3.47. The summed E-state index contributed by atoms with van der Waals surface area (Å²) in [6, 6.07) is 21.0. The highest BCUT2D eigenvalue weighted by Crippen LogP contribution is 2.37. The van der Waals surface area contributed by atoms with Crippen LogP contribution in [0.15, 0.2) is 66.9 Å². The van der Waals surface area contributed by atoms with Crippen molar-refractivity contribution >= 4 is 34.0 Å². The minimum Gasteiger partial charge on any atom is -0.323 e. The number of rotatable bonds is 3. The fourth-order valence-electron chi connectivity index (χ4n) is 3.97. The van der Waals surface area contributed by atoms with E-state index in [-0.39, 0.29) is 0 Å². The minimum absolute atomic E-state index is 0.360. The van der Waals surface area contributed by atoms with Gasteiger partial charge in [-0.1, -0.05) is 36.4 Å². The van der Waals surface area contributed by atoms with Crippen molar-refractivity contribution in [1.82, 2.24) is 15.0 Å². The van der Waals surface area contributed by atoms with E-state index >= 15 is 0 Å². The molecule has 0 saturated heterocycles. The lowest BCUT2D eigenvalue weighted by atomic mass is 10.1. The van der Waals surface area contributed by atoms with E-state index in [9.17, 15) is 0 Å². The number of nitrogens with one attached hydrogen (secondary N) is 1. The zero-order valence-corrected chi connectivity index (χ0v) is 15.9. The first-order valence-corrected chi connectivity index (χ1v) is 9.52. The second kappa shape index (κ2) is 6.60. The van der Waals surface area contributed by atoms with Gasteiger partial charge in [0.15, 0.2) is 0 Å². The van der Waals surface area contributed by atoms with Crippen LogP contribution in [-0.2, 0) is 6.42 Å². The quantitative estimate of drug-likeness (QED) is 0.542. The van der Waals surface area contributed by atoms with E-state index in [0.717, 1.165) is 34.5 Å². The van der Waals surface area contributed by atoms with Crippen LogP contribution in [0, 0.1) is 6.92 Å². The third-order valence-corrected chi connectivity index (χ3v) is 5.17. The Morgan fingerprint density at radius 3 is 2.79 bits per heavy atom. The van der Waals surface area contributed by atoms with Crippen molar-refractivity contribution in [3.63, 3.8) is 0 Å². The summed E-state index contributed by atoms with van der Waals surface area (Å²) in [5.74, 6) is 1.50. The van der Waals surface area contributed by atoms with Crippen LogP contribution in [0.3, 0.4) is 0 Å². The van der Waals surface area contributed by atoms with Gasteiger partial charge in [-0.3, -0.25) is 4.98 Å². The standard InChI is InChI=1S/C23H21N5/c1-15-13-21(28-16(2)14-18-7-3-4-11-20(18)28)27-23(25-15)26-19-10-5-8-17-9-6-12-24-22(17)19/h3-13,16H,14H2,1-2H3,(H,25,26,27). The lowest BCUT2D eigenvalue weighted by Crippen LogP contribution is -2.25. The number of benzene rings is 2. The van der Waals surface area contributed by atoms with Crippen molar-refractivity contribution in [2.45, 2.75) is 26.3 Å². The summed E-state index contributed by atoms with van der Waals surface area (Å²) in [7, 11) is 0. The lowest BCUT2D eigenvalue weighted by molar-refractivity contribution is 0.749. The van der Waals surface area contributed by atoms with Crippen molar-refractivity contribution in [3.8, 4) is 0 Å². The normalized spacial score (nSPS) is 15.6. The van der Waals surface area contributed by atoms with Crippen molar-refractivity contribution in [2.75, 3.05) is 10.2 Å². The molecule has 2 aromatic carbocycles. The summed E-state index contributed by atoms with van der Waals surface area (Å²) in [6.07, 6.45) is 2.83. The molecule has 2 aromatic heterocycles. The van der Waals surface area contributed by atoms with Gasteiger partial charge >= 0.3 is 0 Å². The molecule has 5 rings (SSSR count). The molecular formula is C23H21N5. The Labute approximate surface area is 164 Å². The highest BCUT2D eigenvalue weighted by atomic mass is 15.3. The van der Waals surface area contributed by atoms with E-state index in [0.29, 0.717) is 12.0 Å². The molecule has 0 radical (unpaired) electrons. The van der Waals surface area contributed by atoms with Gasteiger partial charge in [0.1, 0.15) is 5.82 Å². The van der Waals surface area contributed by atoms with Gasteiger partial charge in [0.2, 0.25) is 5.95 Å². The zero-order chi connectivity index (χ0) is 19.1. The van der Waals surface area contributed by atoms with Crippen LogP contribution in [0.1, 0.15) is 18.2 Å². The van der Waals surface area contributed by atoms with Crippen molar-refractivity contribution in [1.29, 1.82) is 0 Å². The summed E-state index contributed by atoms with van der Waals surface area (Å²) in [4.78, 5) is 16.3. The van der Waals surface area contributed by atoms with Gasteiger partial charge < -0.3 is 10.2 Å². The lowest BCUT2D eigenvalue weighted by Gasteiger charge is -2.24. The number of fused-ring (bicyclic) bond motifs is 2. The molecule has 1 N–H and O–H groups in total. The van der Waals surface area contributed by atoms with Crippen LogP contribution in [0.25, 0.3) is 10.9 Å². The van der Waals surface area contributed by atoms with E-state index in [2.05, 4.69) is 63.5 Å². The zero-order valence-electron chi connectivity index (χ0n) is 15.9. The summed E-state index contributed by atoms with van der Waals surface area (Å²) in [6.45, 7) is 4.24. The van der Waals surface area contributed by atoms with Crippen molar-refractivity contribution < 1.29 is 0 Å². The van der Waals surface area contributed by atoms with E-state index in [1.54, 1.807) is 6.20 Å². The van der Waals surface area contributed by atoms with E-state index in [1.165, 1.54) is 11.3 Å². The number of aromatic nitrogens is 3. The van der Waals surface area contributed by atoms with Gasteiger partial charge in [-0.25, -0.2) is 4.98 Å². The summed E-state index contributed by atoms with van der Waals surface area (Å²) >= 11 is 0. The van der Waals surface area contributed by atoms with Gasteiger partial charge in [0.05, 0.1) is 11.2 Å². The fraction of sp³-hybridized carbons (Fsp3) is 0.174. The number of aryl methyl sites for hydroxylation is 1.